The lowest BCUT2D eigenvalue weighted by Crippen LogP contribution is -2.20. The normalized spacial score (nSPS) is 9.75. The summed E-state index contributed by atoms with van der Waals surface area (Å²) < 4.78 is 1.35. The van der Waals surface area contributed by atoms with Gasteiger partial charge in [-0.15, -0.1) is 0 Å². The maximum Gasteiger partial charge on any atom is 0.352 e. The van der Waals surface area contributed by atoms with Gasteiger partial charge < -0.3 is 15.0 Å². The van der Waals surface area contributed by atoms with Crippen LogP contribution in [0.5, 0.6) is 0 Å². The lowest BCUT2D eigenvalue weighted by Gasteiger charge is -2.07. The zero-order chi connectivity index (χ0) is 14.5. The van der Waals surface area contributed by atoms with Crippen LogP contribution in [-0.4, -0.2) is 21.6 Å². The number of carboxylic acids is 1. The van der Waals surface area contributed by atoms with Crippen LogP contribution in [0, 0.1) is 11.3 Å². The number of nitriles is 1. The Hall–Kier alpha value is -3.07. The number of aromatic nitrogens is 1. The van der Waals surface area contributed by atoms with Crippen molar-refractivity contribution >= 4 is 17.6 Å². The van der Waals surface area contributed by atoms with Crippen molar-refractivity contribution in [3.63, 3.8) is 0 Å². The van der Waals surface area contributed by atoms with Crippen LogP contribution in [0.25, 0.3) is 0 Å². The molecule has 0 saturated heterocycles. The highest BCUT2D eigenvalue weighted by molar-refractivity contribution is 5.92. The Morgan fingerprint density at radius 2 is 1.95 bits per heavy atom. The topological polar surface area (TPSA) is 95.1 Å². The smallest absolute Gasteiger partial charge is 0.352 e. The molecule has 0 saturated carbocycles. The summed E-state index contributed by atoms with van der Waals surface area (Å²) in [4.78, 5) is 22.7. The number of carbonyl (C=O) groups is 2. The first-order valence-corrected chi connectivity index (χ1v) is 5.78. The Labute approximate surface area is 114 Å². The highest BCUT2D eigenvalue weighted by Gasteiger charge is 2.11. The first-order valence-electron chi connectivity index (χ1n) is 5.78. The first-order chi connectivity index (χ1) is 9.60. The van der Waals surface area contributed by atoms with Crippen molar-refractivity contribution in [1.82, 2.24) is 4.57 Å². The van der Waals surface area contributed by atoms with Gasteiger partial charge in [-0.05, 0) is 36.4 Å². The van der Waals surface area contributed by atoms with Gasteiger partial charge in [-0.1, -0.05) is 0 Å². The summed E-state index contributed by atoms with van der Waals surface area (Å²) in [5, 5.41) is 20.2. The molecule has 100 valence electrons. The molecule has 0 atom stereocenters. The standard InChI is InChI=1S/C14H11N3O3/c15-8-10-3-5-11(6-4-10)16-13(18)9-17-7-1-2-12(17)14(19)20/h1-7H,9H2,(H,16,18)(H,19,20). The molecule has 0 spiro atoms. The minimum Gasteiger partial charge on any atom is -0.477 e. The molecule has 0 unspecified atom stereocenters. The van der Waals surface area contributed by atoms with Crippen molar-refractivity contribution in [1.29, 1.82) is 5.26 Å². The van der Waals surface area contributed by atoms with Crippen LogP contribution in [-0.2, 0) is 11.3 Å². The van der Waals surface area contributed by atoms with E-state index in [2.05, 4.69) is 5.32 Å². The van der Waals surface area contributed by atoms with Gasteiger partial charge in [-0.2, -0.15) is 5.26 Å². The fourth-order valence-electron chi connectivity index (χ4n) is 1.73. The molecule has 0 aliphatic carbocycles. The molecule has 0 fully saturated rings. The van der Waals surface area contributed by atoms with Crippen molar-refractivity contribution in [3.05, 3.63) is 53.9 Å². The number of hydrogen-bond donors (Lipinski definition) is 2. The number of rotatable bonds is 4. The zero-order valence-corrected chi connectivity index (χ0v) is 10.4. The molecular weight excluding hydrogens is 258 g/mol. The fourth-order valence-corrected chi connectivity index (χ4v) is 1.73. The second kappa shape index (κ2) is 5.71. The van der Waals surface area contributed by atoms with Crippen molar-refractivity contribution in [3.8, 4) is 6.07 Å². The average molecular weight is 269 g/mol. The summed E-state index contributed by atoms with van der Waals surface area (Å²) in [6.07, 6.45) is 1.53. The lowest BCUT2D eigenvalue weighted by molar-refractivity contribution is -0.116. The number of carbonyl (C=O) groups excluding carboxylic acids is 1. The Balaban J connectivity index is 2.03. The third kappa shape index (κ3) is 3.03. The van der Waals surface area contributed by atoms with Crippen LogP contribution in [0.2, 0.25) is 0 Å². The number of nitrogens with one attached hydrogen (secondary N) is 1. The molecule has 1 aromatic heterocycles. The number of carboxylic acid groups (broad SMARTS) is 1. The largest absolute Gasteiger partial charge is 0.477 e. The summed E-state index contributed by atoms with van der Waals surface area (Å²) in [5.41, 5.74) is 1.11. The van der Waals surface area contributed by atoms with Crippen LogP contribution in [0.4, 0.5) is 5.69 Å². The summed E-state index contributed by atoms with van der Waals surface area (Å²) in [5.74, 6) is -1.42. The number of benzene rings is 1. The first kappa shape index (κ1) is 13.4. The third-order valence-electron chi connectivity index (χ3n) is 2.66. The molecule has 2 aromatic rings. The minimum atomic E-state index is -1.08. The monoisotopic (exact) mass is 269 g/mol. The molecule has 6 nitrogen and oxygen atoms in total. The molecular formula is C14H11N3O3. The Morgan fingerprint density at radius 3 is 2.55 bits per heavy atom. The van der Waals surface area contributed by atoms with Crippen molar-refractivity contribution in [2.45, 2.75) is 6.54 Å². The van der Waals surface area contributed by atoms with E-state index in [9.17, 15) is 9.59 Å². The van der Waals surface area contributed by atoms with Crippen LogP contribution in [0.1, 0.15) is 16.1 Å². The predicted octanol–water partition coefficient (Wildman–Crippen LogP) is 1.70. The number of amides is 1. The summed E-state index contributed by atoms with van der Waals surface area (Å²) in [7, 11) is 0. The van der Waals surface area contributed by atoms with Gasteiger partial charge in [-0.25, -0.2) is 4.79 Å². The third-order valence-corrected chi connectivity index (χ3v) is 2.66. The highest BCUT2D eigenvalue weighted by Crippen LogP contribution is 2.09. The molecule has 2 N–H and O–H groups in total. The lowest BCUT2D eigenvalue weighted by atomic mass is 10.2. The SMILES string of the molecule is N#Cc1ccc(NC(=O)Cn2cccc2C(=O)O)cc1. The number of anilines is 1. The van der Waals surface area contributed by atoms with Crippen molar-refractivity contribution in [2.75, 3.05) is 5.32 Å². The highest BCUT2D eigenvalue weighted by atomic mass is 16.4. The van der Waals surface area contributed by atoms with Gasteiger partial charge >= 0.3 is 5.97 Å². The van der Waals surface area contributed by atoms with E-state index < -0.39 is 5.97 Å². The van der Waals surface area contributed by atoms with Gasteiger partial charge in [0, 0.05) is 11.9 Å². The van der Waals surface area contributed by atoms with E-state index in [1.807, 2.05) is 6.07 Å². The van der Waals surface area contributed by atoms with Crippen molar-refractivity contribution in [2.24, 2.45) is 0 Å². The number of nitrogens with zero attached hydrogens (tertiary/aromatic N) is 2. The fraction of sp³-hybridized carbons (Fsp3) is 0.0714. The molecule has 1 heterocycles. The molecule has 1 amide bonds. The second-order valence-electron chi connectivity index (χ2n) is 4.06. The zero-order valence-electron chi connectivity index (χ0n) is 10.4. The minimum absolute atomic E-state index is 0.0555. The number of hydrogen-bond acceptors (Lipinski definition) is 3. The van der Waals surface area contributed by atoms with Gasteiger partial charge in [0.2, 0.25) is 5.91 Å². The molecule has 0 aliphatic rings. The molecule has 6 heteroatoms. The van der Waals surface area contributed by atoms with Gasteiger partial charge in [-0.3, -0.25) is 4.79 Å². The van der Waals surface area contributed by atoms with E-state index in [4.69, 9.17) is 10.4 Å². The van der Waals surface area contributed by atoms with Gasteiger partial charge in [0.25, 0.3) is 0 Å². The average Bonchev–Trinajstić information content (AvgIpc) is 2.87. The van der Waals surface area contributed by atoms with Crippen LogP contribution in [0.3, 0.4) is 0 Å². The molecule has 0 radical (unpaired) electrons. The maximum atomic E-state index is 11.8. The van der Waals surface area contributed by atoms with E-state index in [1.54, 1.807) is 30.3 Å². The summed E-state index contributed by atoms with van der Waals surface area (Å²) in [6, 6.07) is 11.4. The summed E-state index contributed by atoms with van der Waals surface area (Å²) in [6.45, 7) is -0.0887. The Bertz CT molecular complexity index is 680. The Kier molecular flexibility index (Phi) is 3.82. The number of aromatic carboxylic acids is 1. The van der Waals surface area contributed by atoms with E-state index in [0.717, 1.165) is 0 Å². The van der Waals surface area contributed by atoms with Gasteiger partial charge in [0.05, 0.1) is 11.6 Å². The van der Waals surface area contributed by atoms with Crippen molar-refractivity contribution < 1.29 is 14.7 Å². The van der Waals surface area contributed by atoms with Crippen LogP contribution >= 0.6 is 0 Å². The van der Waals surface area contributed by atoms with Gasteiger partial charge in [0.1, 0.15) is 12.2 Å². The second-order valence-corrected chi connectivity index (χ2v) is 4.06. The molecule has 0 bridgehead atoms. The molecule has 2 rings (SSSR count). The summed E-state index contributed by atoms with van der Waals surface area (Å²) >= 11 is 0. The maximum absolute atomic E-state index is 11.8. The quantitative estimate of drug-likeness (QED) is 0.883. The molecule has 0 aliphatic heterocycles. The predicted molar refractivity (Wildman–Crippen MR) is 71.2 cm³/mol. The Morgan fingerprint density at radius 1 is 1.25 bits per heavy atom. The van der Waals surface area contributed by atoms with Crippen LogP contribution in [0.15, 0.2) is 42.6 Å². The van der Waals surface area contributed by atoms with Crippen LogP contribution < -0.4 is 5.32 Å². The van der Waals surface area contributed by atoms with E-state index >= 15 is 0 Å². The van der Waals surface area contributed by atoms with E-state index in [1.165, 1.54) is 16.8 Å². The van der Waals surface area contributed by atoms with E-state index in [0.29, 0.717) is 11.3 Å². The van der Waals surface area contributed by atoms with Gasteiger partial charge in [0.15, 0.2) is 0 Å². The molecule has 20 heavy (non-hydrogen) atoms. The van der Waals surface area contributed by atoms with E-state index in [-0.39, 0.29) is 18.1 Å². The molecule has 1 aromatic carbocycles.